The number of rotatable bonds is 4. The highest BCUT2D eigenvalue weighted by Gasteiger charge is 2.11. The topological polar surface area (TPSA) is 44.9 Å². The van der Waals surface area contributed by atoms with Gasteiger partial charge in [-0.15, -0.1) is 0 Å². The predicted molar refractivity (Wildman–Crippen MR) is 85.3 cm³/mol. The molecule has 2 N–H and O–H groups in total. The molecule has 0 saturated carbocycles. The van der Waals surface area contributed by atoms with Crippen molar-refractivity contribution in [1.82, 2.24) is 4.98 Å². The first-order chi connectivity index (χ1) is 9.74. The molecule has 0 amide bonds. The van der Waals surface area contributed by atoms with Crippen molar-refractivity contribution in [3.05, 3.63) is 64.8 Å². The van der Waals surface area contributed by atoms with E-state index >= 15 is 0 Å². The third kappa shape index (κ3) is 2.60. The maximum atomic E-state index is 12.3. The molecule has 0 saturated heterocycles. The summed E-state index contributed by atoms with van der Waals surface area (Å²) in [6.45, 7) is 0.281. The van der Waals surface area contributed by atoms with Gasteiger partial charge in [0.2, 0.25) is 0 Å². The van der Waals surface area contributed by atoms with Crippen LogP contribution >= 0.6 is 15.9 Å². The minimum Gasteiger partial charge on any atom is -0.378 e. The van der Waals surface area contributed by atoms with Crippen molar-refractivity contribution in [2.75, 3.05) is 11.9 Å². The Morgan fingerprint density at radius 2 is 1.85 bits per heavy atom. The number of ketones is 1. The summed E-state index contributed by atoms with van der Waals surface area (Å²) in [5.74, 6) is 0.0744. The number of anilines is 1. The quantitative estimate of drug-likeness (QED) is 0.704. The number of aromatic nitrogens is 1. The lowest BCUT2D eigenvalue weighted by Crippen LogP contribution is -2.13. The molecule has 2 aromatic carbocycles. The number of carbonyl (C=O) groups excluding carboxylic acids is 1. The van der Waals surface area contributed by atoms with Crippen molar-refractivity contribution in [2.24, 2.45) is 0 Å². The lowest BCUT2D eigenvalue weighted by Gasteiger charge is -2.05. The molecule has 0 spiro atoms. The Morgan fingerprint density at radius 1 is 1.10 bits per heavy atom. The average molecular weight is 329 g/mol. The average Bonchev–Trinajstić information content (AvgIpc) is 2.90. The third-order valence-electron chi connectivity index (χ3n) is 3.19. The van der Waals surface area contributed by atoms with Gasteiger partial charge in [-0.05, 0) is 30.3 Å². The zero-order chi connectivity index (χ0) is 13.9. The van der Waals surface area contributed by atoms with E-state index in [1.54, 1.807) is 6.20 Å². The van der Waals surface area contributed by atoms with Crippen LogP contribution in [0.3, 0.4) is 0 Å². The monoisotopic (exact) mass is 328 g/mol. The number of fused-ring (bicyclic) bond motifs is 1. The molecule has 1 aromatic heterocycles. The smallest absolute Gasteiger partial charge is 0.183 e. The van der Waals surface area contributed by atoms with Gasteiger partial charge in [-0.2, -0.15) is 0 Å². The molecular weight excluding hydrogens is 316 g/mol. The normalized spacial score (nSPS) is 10.7. The van der Waals surface area contributed by atoms with E-state index in [2.05, 4.69) is 26.2 Å². The van der Waals surface area contributed by atoms with Crippen LogP contribution in [0.5, 0.6) is 0 Å². The second-order valence-corrected chi connectivity index (χ2v) is 5.45. The molecule has 1 heterocycles. The Balaban J connectivity index is 1.75. The Labute approximate surface area is 125 Å². The van der Waals surface area contributed by atoms with E-state index in [0.717, 1.165) is 26.6 Å². The van der Waals surface area contributed by atoms with Crippen molar-refractivity contribution >= 4 is 38.3 Å². The number of hydrogen-bond donors (Lipinski definition) is 2. The summed E-state index contributed by atoms with van der Waals surface area (Å²) in [6, 6.07) is 15.6. The van der Waals surface area contributed by atoms with E-state index in [1.165, 1.54) is 0 Å². The molecule has 0 atom stereocenters. The van der Waals surface area contributed by atoms with Gasteiger partial charge in [-0.1, -0.05) is 34.1 Å². The lowest BCUT2D eigenvalue weighted by atomic mass is 10.1. The van der Waals surface area contributed by atoms with E-state index in [9.17, 15) is 4.79 Å². The number of para-hydroxylation sites is 1. The molecule has 3 rings (SSSR count). The van der Waals surface area contributed by atoms with Crippen molar-refractivity contribution in [3.63, 3.8) is 0 Å². The maximum Gasteiger partial charge on any atom is 0.183 e. The van der Waals surface area contributed by atoms with Crippen molar-refractivity contribution < 1.29 is 4.79 Å². The summed E-state index contributed by atoms with van der Waals surface area (Å²) in [7, 11) is 0. The van der Waals surface area contributed by atoms with Gasteiger partial charge in [0.25, 0.3) is 0 Å². The van der Waals surface area contributed by atoms with Gasteiger partial charge >= 0.3 is 0 Å². The van der Waals surface area contributed by atoms with Gasteiger partial charge in [0.15, 0.2) is 5.78 Å². The van der Waals surface area contributed by atoms with Gasteiger partial charge in [0.05, 0.1) is 6.54 Å². The first kappa shape index (κ1) is 12.9. The van der Waals surface area contributed by atoms with Crippen LogP contribution in [0.25, 0.3) is 10.9 Å². The molecule has 0 unspecified atom stereocenters. The third-order valence-corrected chi connectivity index (χ3v) is 3.72. The van der Waals surface area contributed by atoms with Crippen LogP contribution in [-0.2, 0) is 0 Å². The number of H-pyrrole nitrogens is 1. The molecule has 4 heteroatoms. The SMILES string of the molecule is O=C(CNc1ccc(Br)cc1)c1c[nH]c2ccccc12. The minimum atomic E-state index is 0.0744. The predicted octanol–water partition coefficient (Wildman–Crippen LogP) is 4.23. The van der Waals surface area contributed by atoms with E-state index in [1.807, 2.05) is 48.5 Å². The van der Waals surface area contributed by atoms with Crippen LogP contribution in [0.4, 0.5) is 5.69 Å². The van der Waals surface area contributed by atoms with Gasteiger partial charge in [0.1, 0.15) is 0 Å². The van der Waals surface area contributed by atoms with E-state index in [0.29, 0.717) is 0 Å². The zero-order valence-electron chi connectivity index (χ0n) is 10.7. The lowest BCUT2D eigenvalue weighted by molar-refractivity contribution is 0.101. The number of hydrogen-bond acceptors (Lipinski definition) is 2. The number of halogens is 1. The summed E-state index contributed by atoms with van der Waals surface area (Å²) >= 11 is 3.39. The second kappa shape index (κ2) is 5.51. The molecule has 0 fully saturated rings. The van der Waals surface area contributed by atoms with Gasteiger partial charge in [-0.25, -0.2) is 0 Å². The molecule has 100 valence electrons. The first-order valence-corrected chi connectivity index (χ1v) is 7.12. The Bertz CT molecular complexity index is 747. The number of benzene rings is 2. The van der Waals surface area contributed by atoms with E-state index in [4.69, 9.17) is 0 Å². The Hall–Kier alpha value is -2.07. The fourth-order valence-corrected chi connectivity index (χ4v) is 2.41. The molecule has 0 aliphatic rings. The molecule has 0 bridgehead atoms. The maximum absolute atomic E-state index is 12.3. The second-order valence-electron chi connectivity index (χ2n) is 4.53. The number of nitrogens with one attached hydrogen (secondary N) is 2. The summed E-state index contributed by atoms with van der Waals surface area (Å²) in [5, 5.41) is 4.11. The molecule has 0 aliphatic carbocycles. The van der Waals surface area contributed by atoms with Crippen LogP contribution in [0, 0.1) is 0 Å². The fourth-order valence-electron chi connectivity index (χ4n) is 2.15. The molecule has 20 heavy (non-hydrogen) atoms. The van der Waals surface area contributed by atoms with Crippen molar-refractivity contribution in [2.45, 2.75) is 0 Å². The highest BCUT2D eigenvalue weighted by Crippen LogP contribution is 2.19. The summed E-state index contributed by atoms with van der Waals surface area (Å²) in [6.07, 6.45) is 1.77. The summed E-state index contributed by atoms with van der Waals surface area (Å²) < 4.78 is 1.02. The summed E-state index contributed by atoms with van der Waals surface area (Å²) in [5.41, 5.74) is 2.64. The Morgan fingerprint density at radius 3 is 2.65 bits per heavy atom. The van der Waals surface area contributed by atoms with Gasteiger partial charge in [-0.3, -0.25) is 4.79 Å². The van der Waals surface area contributed by atoms with Crippen LogP contribution in [0.2, 0.25) is 0 Å². The van der Waals surface area contributed by atoms with Crippen molar-refractivity contribution in [1.29, 1.82) is 0 Å². The largest absolute Gasteiger partial charge is 0.378 e. The van der Waals surface area contributed by atoms with Crippen LogP contribution in [0.1, 0.15) is 10.4 Å². The fraction of sp³-hybridized carbons (Fsp3) is 0.0625. The number of aromatic amines is 1. The van der Waals surface area contributed by atoms with Crippen molar-refractivity contribution in [3.8, 4) is 0 Å². The van der Waals surface area contributed by atoms with E-state index in [-0.39, 0.29) is 12.3 Å². The zero-order valence-corrected chi connectivity index (χ0v) is 12.3. The molecule has 3 nitrogen and oxygen atoms in total. The molecule has 3 aromatic rings. The molecular formula is C16H13BrN2O. The summed E-state index contributed by atoms with van der Waals surface area (Å²) in [4.78, 5) is 15.4. The standard InChI is InChI=1S/C16H13BrN2O/c17-11-5-7-12(8-6-11)18-10-16(20)14-9-19-15-4-2-1-3-13(14)15/h1-9,18-19H,10H2. The molecule has 0 radical (unpaired) electrons. The van der Waals surface area contributed by atoms with Crippen LogP contribution in [0.15, 0.2) is 59.2 Å². The first-order valence-electron chi connectivity index (χ1n) is 6.33. The van der Waals surface area contributed by atoms with E-state index < -0.39 is 0 Å². The minimum absolute atomic E-state index is 0.0744. The number of Topliss-reactive ketones (excluding diaryl/α,β-unsaturated/α-hetero) is 1. The number of carbonyl (C=O) groups is 1. The highest BCUT2D eigenvalue weighted by molar-refractivity contribution is 9.10. The van der Waals surface area contributed by atoms with Crippen LogP contribution < -0.4 is 5.32 Å². The molecule has 0 aliphatic heterocycles. The van der Waals surface area contributed by atoms with Crippen LogP contribution in [-0.4, -0.2) is 17.3 Å². The van der Waals surface area contributed by atoms with Gasteiger partial charge < -0.3 is 10.3 Å². The van der Waals surface area contributed by atoms with Gasteiger partial charge in [0, 0.05) is 32.8 Å². The Kier molecular flexibility index (Phi) is 3.56. The highest BCUT2D eigenvalue weighted by atomic mass is 79.9.